The van der Waals surface area contributed by atoms with E-state index < -0.39 is 0 Å². The lowest BCUT2D eigenvalue weighted by molar-refractivity contribution is 0.0672. The number of aryl methyl sites for hydroxylation is 2. The molecule has 0 saturated heterocycles. The van der Waals surface area contributed by atoms with E-state index in [9.17, 15) is 4.79 Å². The third-order valence-corrected chi connectivity index (χ3v) is 5.59. The molecule has 0 spiro atoms. The van der Waals surface area contributed by atoms with Gasteiger partial charge in [-0.3, -0.25) is 9.48 Å². The normalized spacial score (nSPS) is 11.9. The van der Waals surface area contributed by atoms with Crippen molar-refractivity contribution < 1.29 is 4.79 Å². The quantitative estimate of drug-likeness (QED) is 0.562. The molecule has 0 fully saturated rings. The molecule has 5 nitrogen and oxygen atoms in total. The van der Waals surface area contributed by atoms with Gasteiger partial charge in [-0.25, -0.2) is 0 Å². The van der Waals surface area contributed by atoms with Crippen molar-refractivity contribution in [3.05, 3.63) is 71.3 Å². The van der Waals surface area contributed by atoms with Crippen LogP contribution in [0.3, 0.4) is 0 Å². The standard InChI is InChI=1S/C25H32N4O/c1-7-19(3)29(25(30)21-15-13-18(2)14-16-21)17-22-23(20-11-9-8-10-12-20)26-28(6)24(22)27(4)5/h8-16,19H,7,17H2,1-6H3/t19-/m0/s1. The lowest BCUT2D eigenvalue weighted by Gasteiger charge is -2.30. The molecular weight excluding hydrogens is 372 g/mol. The Labute approximate surface area is 179 Å². The zero-order valence-corrected chi connectivity index (χ0v) is 18.9. The third kappa shape index (κ3) is 4.40. The number of carbonyl (C=O) groups excluding carboxylic acids is 1. The first-order chi connectivity index (χ1) is 14.3. The summed E-state index contributed by atoms with van der Waals surface area (Å²) < 4.78 is 1.91. The van der Waals surface area contributed by atoms with Gasteiger partial charge in [0.1, 0.15) is 5.82 Å². The van der Waals surface area contributed by atoms with Gasteiger partial charge in [-0.2, -0.15) is 5.10 Å². The van der Waals surface area contributed by atoms with E-state index in [2.05, 4.69) is 30.9 Å². The van der Waals surface area contributed by atoms with E-state index >= 15 is 0 Å². The van der Waals surface area contributed by atoms with Gasteiger partial charge in [-0.1, -0.05) is 55.0 Å². The molecule has 3 aromatic rings. The number of benzene rings is 2. The summed E-state index contributed by atoms with van der Waals surface area (Å²) in [6, 6.07) is 18.1. The van der Waals surface area contributed by atoms with E-state index in [-0.39, 0.29) is 11.9 Å². The zero-order valence-electron chi connectivity index (χ0n) is 18.9. The molecule has 2 aromatic carbocycles. The number of rotatable bonds is 7. The fourth-order valence-electron chi connectivity index (χ4n) is 3.77. The minimum absolute atomic E-state index is 0.0527. The van der Waals surface area contributed by atoms with Crippen LogP contribution >= 0.6 is 0 Å². The summed E-state index contributed by atoms with van der Waals surface area (Å²) in [5.41, 5.74) is 4.91. The predicted molar refractivity (Wildman–Crippen MR) is 124 cm³/mol. The second kappa shape index (κ2) is 9.16. The van der Waals surface area contributed by atoms with Crippen molar-refractivity contribution in [3.8, 4) is 11.3 Å². The Morgan fingerprint density at radius 3 is 2.27 bits per heavy atom. The number of carbonyl (C=O) groups is 1. The van der Waals surface area contributed by atoms with Crippen molar-refractivity contribution in [3.63, 3.8) is 0 Å². The average molecular weight is 405 g/mol. The Morgan fingerprint density at radius 1 is 1.07 bits per heavy atom. The summed E-state index contributed by atoms with van der Waals surface area (Å²) in [5, 5.41) is 4.82. The number of hydrogen-bond acceptors (Lipinski definition) is 3. The monoisotopic (exact) mass is 404 g/mol. The molecule has 1 atom stereocenters. The summed E-state index contributed by atoms with van der Waals surface area (Å²) in [5.74, 6) is 1.07. The van der Waals surface area contributed by atoms with Crippen molar-refractivity contribution >= 4 is 11.7 Å². The smallest absolute Gasteiger partial charge is 0.254 e. The maximum absolute atomic E-state index is 13.5. The van der Waals surface area contributed by atoms with Crippen LogP contribution in [-0.2, 0) is 13.6 Å². The lowest BCUT2D eigenvalue weighted by atomic mass is 10.0. The van der Waals surface area contributed by atoms with Gasteiger partial charge in [0.15, 0.2) is 0 Å². The second-order valence-electron chi connectivity index (χ2n) is 8.09. The number of nitrogens with zero attached hydrogens (tertiary/aromatic N) is 4. The largest absolute Gasteiger partial charge is 0.363 e. The Morgan fingerprint density at radius 2 is 1.70 bits per heavy atom. The molecular formula is C25H32N4O. The first kappa shape index (κ1) is 21.6. The summed E-state index contributed by atoms with van der Waals surface area (Å²) in [7, 11) is 6.00. The zero-order chi connectivity index (χ0) is 21.8. The molecule has 0 N–H and O–H groups in total. The van der Waals surface area contributed by atoms with Crippen molar-refractivity contribution in [1.82, 2.24) is 14.7 Å². The SMILES string of the molecule is CC[C@H](C)N(Cc1c(-c2ccccc2)nn(C)c1N(C)C)C(=O)c1ccc(C)cc1. The topological polar surface area (TPSA) is 41.4 Å². The highest BCUT2D eigenvalue weighted by Gasteiger charge is 2.26. The molecule has 0 aliphatic carbocycles. The fourth-order valence-corrected chi connectivity index (χ4v) is 3.77. The predicted octanol–water partition coefficient (Wildman–Crippen LogP) is 4.90. The van der Waals surface area contributed by atoms with Gasteiger partial charge < -0.3 is 9.80 Å². The highest BCUT2D eigenvalue weighted by Crippen LogP contribution is 2.32. The van der Waals surface area contributed by atoms with Crippen LogP contribution in [0.2, 0.25) is 0 Å². The third-order valence-electron chi connectivity index (χ3n) is 5.59. The Balaban J connectivity index is 2.08. The van der Waals surface area contributed by atoms with Crippen molar-refractivity contribution in [2.45, 2.75) is 39.8 Å². The Bertz CT molecular complexity index is 990. The molecule has 158 valence electrons. The molecule has 1 amide bonds. The van der Waals surface area contributed by atoms with Crippen LogP contribution < -0.4 is 4.90 Å². The Kier molecular flexibility index (Phi) is 6.60. The van der Waals surface area contributed by atoms with E-state index in [4.69, 9.17) is 5.10 Å². The van der Waals surface area contributed by atoms with Crippen LogP contribution in [0.5, 0.6) is 0 Å². The summed E-state index contributed by atoms with van der Waals surface area (Å²) in [6.45, 7) is 6.77. The molecule has 0 aliphatic heterocycles. The minimum atomic E-state index is 0.0527. The first-order valence-corrected chi connectivity index (χ1v) is 10.5. The number of amides is 1. The molecule has 1 heterocycles. The molecule has 0 unspecified atom stereocenters. The molecule has 1 aromatic heterocycles. The average Bonchev–Trinajstić information content (AvgIpc) is 3.08. The van der Waals surface area contributed by atoms with Gasteiger partial charge in [-0.05, 0) is 32.4 Å². The minimum Gasteiger partial charge on any atom is -0.363 e. The van der Waals surface area contributed by atoms with Gasteiger partial charge in [0.25, 0.3) is 5.91 Å². The van der Waals surface area contributed by atoms with Gasteiger partial charge in [0.2, 0.25) is 0 Å². The van der Waals surface area contributed by atoms with E-state index in [1.807, 2.05) is 80.1 Å². The summed E-state index contributed by atoms with van der Waals surface area (Å²) in [6.07, 6.45) is 0.885. The van der Waals surface area contributed by atoms with Crippen LogP contribution in [0.25, 0.3) is 11.3 Å². The molecule has 3 rings (SSSR count). The highest BCUT2D eigenvalue weighted by atomic mass is 16.2. The molecule has 0 saturated carbocycles. The van der Waals surface area contributed by atoms with Gasteiger partial charge >= 0.3 is 0 Å². The first-order valence-electron chi connectivity index (χ1n) is 10.5. The number of hydrogen-bond donors (Lipinski definition) is 0. The van der Waals surface area contributed by atoms with Crippen molar-refractivity contribution in [1.29, 1.82) is 0 Å². The van der Waals surface area contributed by atoms with Crippen molar-refractivity contribution in [2.24, 2.45) is 7.05 Å². The van der Waals surface area contributed by atoms with Crippen LogP contribution in [-0.4, -0.2) is 40.7 Å². The molecule has 0 aliphatic rings. The summed E-state index contributed by atoms with van der Waals surface area (Å²) >= 11 is 0. The van der Waals surface area contributed by atoms with Crippen LogP contribution in [0.1, 0.15) is 41.8 Å². The fraction of sp³-hybridized carbons (Fsp3) is 0.360. The molecule has 30 heavy (non-hydrogen) atoms. The molecule has 0 radical (unpaired) electrons. The molecule has 5 heteroatoms. The van der Waals surface area contributed by atoms with Crippen LogP contribution in [0, 0.1) is 6.92 Å². The van der Waals surface area contributed by atoms with E-state index in [0.717, 1.165) is 40.2 Å². The van der Waals surface area contributed by atoms with Gasteiger partial charge in [0.05, 0.1) is 12.2 Å². The van der Waals surface area contributed by atoms with E-state index in [1.165, 1.54) is 0 Å². The van der Waals surface area contributed by atoms with E-state index in [1.54, 1.807) is 0 Å². The van der Waals surface area contributed by atoms with Crippen LogP contribution in [0.4, 0.5) is 5.82 Å². The van der Waals surface area contributed by atoms with Crippen LogP contribution in [0.15, 0.2) is 54.6 Å². The summed E-state index contributed by atoms with van der Waals surface area (Å²) in [4.78, 5) is 17.5. The molecule has 0 bridgehead atoms. The number of aromatic nitrogens is 2. The van der Waals surface area contributed by atoms with E-state index in [0.29, 0.717) is 6.54 Å². The van der Waals surface area contributed by atoms with Crippen molar-refractivity contribution in [2.75, 3.05) is 19.0 Å². The number of anilines is 1. The second-order valence-corrected chi connectivity index (χ2v) is 8.09. The maximum atomic E-state index is 13.5. The van der Waals surface area contributed by atoms with Gasteiger partial charge in [-0.15, -0.1) is 0 Å². The van der Waals surface area contributed by atoms with Gasteiger partial charge in [0, 0.05) is 43.9 Å². The Hall–Kier alpha value is -3.08. The highest BCUT2D eigenvalue weighted by molar-refractivity contribution is 5.94. The lowest BCUT2D eigenvalue weighted by Crippen LogP contribution is -2.38. The maximum Gasteiger partial charge on any atom is 0.254 e.